The normalized spacial score (nSPS) is 19.2. The molecule has 196 valence electrons. The lowest BCUT2D eigenvalue weighted by Gasteiger charge is -2.37. The molecule has 2 unspecified atom stereocenters. The lowest BCUT2D eigenvalue weighted by Crippen LogP contribution is -2.36. The summed E-state index contributed by atoms with van der Waals surface area (Å²) in [5.41, 5.74) is 4.04. The van der Waals surface area contributed by atoms with Crippen molar-refractivity contribution >= 4 is 27.7 Å². The van der Waals surface area contributed by atoms with Gasteiger partial charge in [0, 0.05) is 33.8 Å². The highest BCUT2D eigenvalue weighted by Gasteiger charge is 2.42. The molecule has 0 saturated carbocycles. The van der Waals surface area contributed by atoms with Gasteiger partial charge in [-0.15, -0.1) is 0 Å². The van der Waals surface area contributed by atoms with E-state index in [9.17, 15) is 9.59 Å². The van der Waals surface area contributed by atoms with Gasteiger partial charge in [-0.05, 0) is 54.7 Å². The van der Waals surface area contributed by atoms with E-state index in [4.69, 9.17) is 23.7 Å². The molecule has 2 aliphatic rings. The van der Waals surface area contributed by atoms with E-state index in [0.29, 0.717) is 56.3 Å². The van der Waals surface area contributed by atoms with Crippen molar-refractivity contribution in [3.05, 3.63) is 68.5 Å². The van der Waals surface area contributed by atoms with E-state index in [0.717, 1.165) is 11.3 Å². The minimum atomic E-state index is -0.642. The second-order valence-corrected chi connectivity index (χ2v) is 9.71. The van der Waals surface area contributed by atoms with E-state index in [1.165, 1.54) is 7.11 Å². The number of dihydropyridines is 1. The summed E-state index contributed by atoms with van der Waals surface area (Å²) in [6, 6.07) is 9.30. The summed E-state index contributed by atoms with van der Waals surface area (Å²) in [5.74, 6) is 1.01. The van der Waals surface area contributed by atoms with Crippen LogP contribution in [0.25, 0.3) is 0 Å². The first-order chi connectivity index (χ1) is 17.8. The van der Waals surface area contributed by atoms with Crippen molar-refractivity contribution in [2.75, 3.05) is 35.5 Å². The number of allylic oxidation sites excluding steroid dienone is 3. The summed E-state index contributed by atoms with van der Waals surface area (Å²) in [6.07, 6.45) is 0.870. The molecule has 1 N–H and O–H groups in total. The third-order valence-corrected chi connectivity index (χ3v) is 7.61. The van der Waals surface area contributed by atoms with Gasteiger partial charge in [-0.25, -0.2) is 4.79 Å². The molecule has 2 atom stereocenters. The zero-order chi connectivity index (χ0) is 26.9. The number of carbonyl (C=O) groups is 2. The molecule has 0 spiro atoms. The number of Topliss-reactive ketones (excluding diaryl/α,β-unsaturated/α-hetero) is 1. The van der Waals surface area contributed by atoms with Gasteiger partial charge >= 0.3 is 5.97 Å². The Morgan fingerprint density at radius 2 is 1.51 bits per heavy atom. The van der Waals surface area contributed by atoms with Crippen molar-refractivity contribution < 1.29 is 33.3 Å². The molecule has 0 amide bonds. The van der Waals surface area contributed by atoms with Gasteiger partial charge in [0.15, 0.2) is 28.8 Å². The molecule has 9 heteroatoms. The number of carbonyl (C=O) groups excluding carboxylic acids is 2. The molecule has 1 aliphatic heterocycles. The Balaban J connectivity index is 1.84. The first-order valence-corrected chi connectivity index (χ1v) is 12.5. The van der Waals surface area contributed by atoms with Crippen LogP contribution in [0.2, 0.25) is 0 Å². The van der Waals surface area contributed by atoms with Crippen LogP contribution in [0.1, 0.15) is 42.7 Å². The van der Waals surface area contributed by atoms with Crippen molar-refractivity contribution in [3.8, 4) is 23.0 Å². The second kappa shape index (κ2) is 10.9. The van der Waals surface area contributed by atoms with Crippen LogP contribution in [0.3, 0.4) is 0 Å². The van der Waals surface area contributed by atoms with Gasteiger partial charge in [0.05, 0.1) is 41.1 Å². The Morgan fingerprint density at radius 3 is 2.14 bits per heavy atom. The zero-order valence-electron chi connectivity index (χ0n) is 21.7. The molecule has 0 aromatic heterocycles. The predicted molar refractivity (Wildman–Crippen MR) is 141 cm³/mol. The molecule has 0 saturated heterocycles. The van der Waals surface area contributed by atoms with Crippen LogP contribution in [-0.4, -0.2) is 47.3 Å². The lowest BCUT2D eigenvalue weighted by molar-refractivity contribution is -0.136. The molecular weight excluding hydrogens is 542 g/mol. The number of ether oxygens (including phenoxy) is 5. The van der Waals surface area contributed by atoms with Crippen molar-refractivity contribution in [1.82, 2.24) is 5.32 Å². The summed E-state index contributed by atoms with van der Waals surface area (Å²) in [6.45, 7) is 1.82. The van der Waals surface area contributed by atoms with E-state index < -0.39 is 11.9 Å². The van der Waals surface area contributed by atoms with Gasteiger partial charge in [-0.1, -0.05) is 22.0 Å². The average molecular weight is 572 g/mol. The largest absolute Gasteiger partial charge is 0.493 e. The van der Waals surface area contributed by atoms with E-state index in [1.54, 1.807) is 40.6 Å². The third kappa shape index (κ3) is 4.80. The third-order valence-electron chi connectivity index (χ3n) is 6.93. The molecule has 0 radical (unpaired) electrons. The number of halogens is 1. The molecule has 4 rings (SSSR count). The lowest BCUT2D eigenvalue weighted by atomic mass is 9.71. The highest BCUT2D eigenvalue weighted by atomic mass is 79.9. The zero-order valence-corrected chi connectivity index (χ0v) is 23.3. The van der Waals surface area contributed by atoms with Crippen LogP contribution in [0.4, 0.5) is 0 Å². The van der Waals surface area contributed by atoms with Gasteiger partial charge in [-0.3, -0.25) is 4.79 Å². The smallest absolute Gasteiger partial charge is 0.336 e. The first kappa shape index (κ1) is 26.6. The number of hydrogen-bond donors (Lipinski definition) is 1. The number of hydrogen-bond acceptors (Lipinski definition) is 8. The molecule has 2 aromatic carbocycles. The van der Waals surface area contributed by atoms with Crippen molar-refractivity contribution in [1.29, 1.82) is 0 Å². The summed E-state index contributed by atoms with van der Waals surface area (Å²) < 4.78 is 27.6. The predicted octanol–water partition coefficient (Wildman–Crippen LogP) is 5.02. The molecule has 0 bridgehead atoms. The van der Waals surface area contributed by atoms with Crippen molar-refractivity contribution in [2.45, 2.75) is 31.6 Å². The number of benzene rings is 2. The number of esters is 1. The minimum absolute atomic E-state index is 0.0471. The number of rotatable bonds is 7. The van der Waals surface area contributed by atoms with Crippen LogP contribution in [0.15, 0.2) is 57.3 Å². The van der Waals surface area contributed by atoms with E-state index in [2.05, 4.69) is 21.2 Å². The van der Waals surface area contributed by atoms with Gasteiger partial charge in [0.1, 0.15) is 0 Å². The van der Waals surface area contributed by atoms with Crippen LogP contribution in [-0.2, 0) is 14.3 Å². The van der Waals surface area contributed by atoms with Crippen LogP contribution in [0, 0.1) is 0 Å². The maximum Gasteiger partial charge on any atom is 0.336 e. The van der Waals surface area contributed by atoms with Gasteiger partial charge in [-0.2, -0.15) is 0 Å². The molecule has 37 heavy (non-hydrogen) atoms. The summed E-state index contributed by atoms with van der Waals surface area (Å²) >= 11 is 3.63. The van der Waals surface area contributed by atoms with E-state index >= 15 is 0 Å². The minimum Gasteiger partial charge on any atom is -0.493 e. The highest BCUT2D eigenvalue weighted by Crippen LogP contribution is 2.49. The molecule has 2 aromatic rings. The average Bonchev–Trinajstić information content (AvgIpc) is 2.91. The highest BCUT2D eigenvalue weighted by molar-refractivity contribution is 9.10. The Bertz CT molecular complexity index is 1310. The first-order valence-electron chi connectivity index (χ1n) is 11.7. The number of ketones is 1. The molecular formula is C28H30BrNO7. The van der Waals surface area contributed by atoms with Crippen LogP contribution < -0.4 is 24.3 Å². The monoisotopic (exact) mass is 571 g/mol. The summed E-state index contributed by atoms with van der Waals surface area (Å²) in [7, 11) is 7.61. The molecule has 1 heterocycles. The van der Waals surface area contributed by atoms with Gasteiger partial charge in [0.25, 0.3) is 0 Å². The Labute approximate surface area is 224 Å². The fourth-order valence-electron chi connectivity index (χ4n) is 5.16. The van der Waals surface area contributed by atoms with Crippen molar-refractivity contribution in [2.24, 2.45) is 0 Å². The maximum absolute atomic E-state index is 13.8. The number of methoxy groups -OCH3 is 5. The van der Waals surface area contributed by atoms with Crippen LogP contribution >= 0.6 is 15.9 Å². The van der Waals surface area contributed by atoms with E-state index in [-0.39, 0.29) is 18.1 Å². The SMILES string of the molecule is COC(=O)C1=C(C)NC2=C(C(=O)CC(c3ccc(OC)c(OC)c3)C2)C1c1cc(OC)c(OC)cc1Br. The fourth-order valence-corrected chi connectivity index (χ4v) is 5.72. The quantitative estimate of drug-likeness (QED) is 0.463. The second-order valence-electron chi connectivity index (χ2n) is 8.85. The standard InChI is InChI=1S/C28H30BrNO7/c1-14-25(28(32)37-6)26(17-12-23(35-4)24(36-5)13-18(17)29)27-19(30-14)9-16(10-20(27)31)15-7-8-21(33-2)22(11-15)34-3/h7-8,11-13,16,26,30H,9-10H2,1-6H3. The summed E-state index contributed by atoms with van der Waals surface area (Å²) in [5, 5.41) is 3.35. The Hall–Kier alpha value is -3.46. The molecule has 0 fully saturated rings. The molecule has 8 nitrogen and oxygen atoms in total. The number of nitrogens with one attached hydrogen (secondary N) is 1. The Morgan fingerprint density at radius 1 is 0.892 bits per heavy atom. The maximum atomic E-state index is 13.8. The van der Waals surface area contributed by atoms with Crippen molar-refractivity contribution in [3.63, 3.8) is 0 Å². The Kier molecular flexibility index (Phi) is 7.82. The topological polar surface area (TPSA) is 92.3 Å². The van der Waals surface area contributed by atoms with Gasteiger partial charge in [0.2, 0.25) is 0 Å². The van der Waals surface area contributed by atoms with Crippen LogP contribution in [0.5, 0.6) is 23.0 Å². The molecule has 1 aliphatic carbocycles. The van der Waals surface area contributed by atoms with Gasteiger partial charge < -0.3 is 29.0 Å². The summed E-state index contributed by atoms with van der Waals surface area (Å²) in [4.78, 5) is 26.8. The van der Waals surface area contributed by atoms with E-state index in [1.807, 2.05) is 25.1 Å². The fraction of sp³-hybridized carbons (Fsp3) is 0.357.